The second-order valence-electron chi connectivity index (χ2n) is 9.42. The molecule has 4 N–H and O–H groups in total. The summed E-state index contributed by atoms with van der Waals surface area (Å²) in [6.07, 6.45) is -3.02. The highest BCUT2D eigenvalue weighted by Gasteiger charge is 2.29. The summed E-state index contributed by atoms with van der Waals surface area (Å²) in [4.78, 5) is 20.5. The molecule has 44 heavy (non-hydrogen) atoms. The molecule has 0 atom stereocenters. The van der Waals surface area contributed by atoms with Crippen molar-refractivity contribution < 1.29 is 35.5 Å². The minimum Gasteiger partial charge on any atom is -0.482 e. The molecule has 9 nitrogen and oxygen atoms in total. The van der Waals surface area contributed by atoms with Crippen LogP contribution in [0, 0.1) is 5.82 Å². The van der Waals surface area contributed by atoms with Gasteiger partial charge in [-0.25, -0.2) is 17.8 Å². The molecule has 0 aliphatic rings. The van der Waals surface area contributed by atoms with Gasteiger partial charge in [-0.3, -0.25) is 4.79 Å². The van der Waals surface area contributed by atoms with E-state index in [-0.39, 0.29) is 52.0 Å². The molecular formula is C30H27F4N5O4S. The number of halogens is 4. The number of ether oxygens (including phenoxy) is 1. The summed E-state index contributed by atoms with van der Waals surface area (Å²) in [5.74, 6) is -1.28. The van der Waals surface area contributed by atoms with Gasteiger partial charge in [0.25, 0.3) is 0 Å². The van der Waals surface area contributed by atoms with Gasteiger partial charge in [-0.05, 0) is 59.7 Å². The van der Waals surface area contributed by atoms with Gasteiger partial charge in [-0.2, -0.15) is 18.2 Å². The Hall–Kier alpha value is -4.98. The molecule has 0 spiro atoms. The number of sulfone groups is 1. The number of guanidine groups is 1. The Bertz CT molecular complexity index is 1740. The molecule has 230 valence electrons. The summed E-state index contributed by atoms with van der Waals surface area (Å²) in [7, 11) is -3.71. The Kier molecular flexibility index (Phi) is 9.83. The van der Waals surface area contributed by atoms with Gasteiger partial charge in [0.05, 0.1) is 22.8 Å². The predicted octanol–water partition coefficient (Wildman–Crippen LogP) is 5.86. The Morgan fingerprint density at radius 2 is 1.64 bits per heavy atom. The van der Waals surface area contributed by atoms with E-state index in [1.54, 1.807) is 48.5 Å². The first kappa shape index (κ1) is 31.9. The first-order valence-electron chi connectivity index (χ1n) is 13.1. The number of pyridine rings is 1. The van der Waals surface area contributed by atoms with Gasteiger partial charge in [-0.1, -0.05) is 31.2 Å². The van der Waals surface area contributed by atoms with Crippen LogP contribution in [0.5, 0.6) is 5.75 Å². The first-order valence-corrected chi connectivity index (χ1v) is 14.7. The van der Waals surface area contributed by atoms with Gasteiger partial charge in [0, 0.05) is 23.5 Å². The second-order valence-corrected chi connectivity index (χ2v) is 11.7. The number of amides is 1. The van der Waals surface area contributed by atoms with Crippen LogP contribution in [-0.2, 0) is 21.1 Å². The van der Waals surface area contributed by atoms with E-state index >= 15 is 0 Å². The first-order chi connectivity index (χ1) is 20.8. The van der Waals surface area contributed by atoms with Crippen molar-refractivity contribution in [3.63, 3.8) is 0 Å². The summed E-state index contributed by atoms with van der Waals surface area (Å²) in [5, 5.41) is 5.41. The number of nitrogens with zero attached hydrogens (tertiary/aromatic N) is 2. The van der Waals surface area contributed by atoms with Crippen LogP contribution >= 0.6 is 0 Å². The minimum atomic E-state index is -4.65. The quantitative estimate of drug-likeness (QED) is 0.114. The zero-order valence-corrected chi connectivity index (χ0v) is 24.0. The second kappa shape index (κ2) is 13.5. The summed E-state index contributed by atoms with van der Waals surface area (Å²) in [5.41, 5.74) is 8.71. The van der Waals surface area contributed by atoms with Crippen molar-refractivity contribution in [1.82, 2.24) is 4.98 Å². The number of nitrogens with one attached hydrogen (secondary N) is 2. The largest absolute Gasteiger partial charge is 0.482 e. The number of benzene rings is 3. The zero-order chi connectivity index (χ0) is 31.9. The Morgan fingerprint density at radius 1 is 0.955 bits per heavy atom. The maximum atomic E-state index is 13.1. The highest BCUT2D eigenvalue weighted by atomic mass is 32.2. The third-order valence-electron chi connectivity index (χ3n) is 6.11. The molecule has 0 bridgehead atoms. The number of aliphatic imine (C=N–C) groups is 1. The number of nitrogens with two attached hydrogens (primary N) is 1. The maximum Gasteiger partial charge on any atom is 0.422 e. The van der Waals surface area contributed by atoms with Crippen LogP contribution in [0.25, 0.3) is 11.1 Å². The van der Waals surface area contributed by atoms with Gasteiger partial charge in [0.15, 0.2) is 28.2 Å². The van der Waals surface area contributed by atoms with Crippen LogP contribution in [0.1, 0.15) is 12.5 Å². The van der Waals surface area contributed by atoms with Crippen molar-refractivity contribution in [3.8, 4) is 16.9 Å². The van der Waals surface area contributed by atoms with Crippen molar-refractivity contribution in [2.24, 2.45) is 10.7 Å². The molecule has 0 saturated carbocycles. The van der Waals surface area contributed by atoms with Crippen LogP contribution < -0.4 is 21.1 Å². The maximum absolute atomic E-state index is 13.1. The lowest BCUT2D eigenvalue weighted by atomic mass is 10.1. The molecule has 4 rings (SSSR count). The standard InChI is InChI=1S/C30H27F4N5O4S/c1-2-44(41,42)24-12-13-25(26(16-24)43-18-30(32,33)34)38-29(35)39-27-14-7-21(17-36-27)20-5-10-23(11-6-20)37-28(40)15-19-3-8-22(31)9-4-19/h3-14,16-17H,2,15,18H2,1H3,(H,37,40)(H3,35,36,38,39). The van der Waals surface area contributed by atoms with E-state index in [1.807, 2.05) is 0 Å². The molecule has 1 amide bonds. The van der Waals surface area contributed by atoms with Gasteiger partial charge in [-0.15, -0.1) is 0 Å². The average Bonchev–Trinajstić information content (AvgIpc) is 2.98. The molecular weight excluding hydrogens is 602 g/mol. The van der Waals surface area contributed by atoms with Crippen LogP contribution in [0.4, 0.5) is 34.8 Å². The fraction of sp³-hybridized carbons (Fsp3) is 0.167. The molecule has 14 heteroatoms. The van der Waals surface area contributed by atoms with E-state index in [1.165, 1.54) is 37.4 Å². The van der Waals surface area contributed by atoms with Gasteiger partial charge >= 0.3 is 6.18 Å². The summed E-state index contributed by atoms with van der Waals surface area (Å²) in [6, 6.07) is 19.5. The molecule has 0 radical (unpaired) electrons. The molecule has 0 unspecified atom stereocenters. The van der Waals surface area contributed by atoms with Gasteiger partial charge in [0.2, 0.25) is 5.91 Å². The number of alkyl halides is 3. The predicted molar refractivity (Wildman–Crippen MR) is 159 cm³/mol. The Balaban J connectivity index is 1.42. The lowest BCUT2D eigenvalue weighted by Gasteiger charge is -2.15. The van der Waals surface area contributed by atoms with Crippen molar-refractivity contribution in [2.75, 3.05) is 23.0 Å². The topological polar surface area (TPSA) is 136 Å². The fourth-order valence-electron chi connectivity index (χ4n) is 3.90. The molecule has 0 aliphatic heterocycles. The zero-order valence-electron chi connectivity index (χ0n) is 23.2. The molecule has 1 heterocycles. The number of anilines is 2. The number of carbonyl (C=O) groups excluding carboxylic acids is 1. The lowest BCUT2D eigenvalue weighted by molar-refractivity contribution is -0.153. The Labute approximate surface area is 250 Å². The summed E-state index contributed by atoms with van der Waals surface area (Å²) in [6.45, 7) is -0.227. The van der Waals surface area contributed by atoms with E-state index in [4.69, 9.17) is 10.5 Å². The molecule has 0 saturated heterocycles. The number of hydrogen-bond donors (Lipinski definition) is 3. The number of aromatic nitrogens is 1. The van der Waals surface area contributed by atoms with E-state index in [0.29, 0.717) is 11.3 Å². The van der Waals surface area contributed by atoms with E-state index in [2.05, 4.69) is 20.6 Å². The van der Waals surface area contributed by atoms with Crippen molar-refractivity contribution >= 4 is 38.9 Å². The minimum absolute atomic E-state index is 0.0213. The summed E-state index contributed by atoms with van der Waals surface area (Å²) >= 11 is 0. The van der Waals surface area contributed by atoms with Crippen LogP contribution in [0.15, 0.2) is 94.9 Å². The van der Waals surface area contributed by atoms with E-state index < -0.39 is 22.6 Å². The van der Waals surface area contributed by atoms with Crippen LogP contribution in [0.2, 0.25) is 0 Å². The van der Waals surface area contributed by atoms with E-state index in [9.17, 15) is 30.8 Å². The smallest absolute Gasteiger partial charge is 0.422 e. The van der Waals surface area contributed by atoms with Crippen molar-refractivity contribution in [1.29, 1.82) is 0 Å². The molecule has 0 fully saturated rings. The highest BCUT2D eigenvalue weighted by molar-refractivity contribution is 7.91. The molecule has 0 aliphatic carbocycles. The van der Waals surface area contributed by atoms with Crippen LogP contribution in [-0.4, -0.2) is 43.8 Å². The monoisotopic (exact) mass is 629 g/mol. The number of carbonyl (C=O) groups is 1. The SMILES string of the molecule is CCS(=O)(=O)c1ccc(NC(N)=Nc2ccc(-c3ccc(NC(=O)Cc4ccc(F)cc4)cc3)cn2)c(OCC(F)(F)F)c1. The number of hydrogen-bond acceptors (Lipinski definition) is 6. The van der Waals surface area contributed by atoms with Crippen molar-refractivity contribution in [3.05, 3.63) is 96.4 Å². The lowest BCUT2D eigenvalue weighted by Crippen LogP contribution is -2.24. The Morgan fingerprint density at radius 3 is 2.25 bits per heavy atom. The fourth-order valence-corrected chi connectivity index (χ4v) is 4.79. The molecule has 3 aromatic carbocycles. The third-order valence-corrected chi connectivity index (χ3v) is 7.84. The third kappa shape index (κ3) is 9.01. The van der Waals surface area contributed by atoms with Gasteiger partial charge in [0.1, 0.15) is 11.6 Å². The molecule has 4 aromatic rings. The average molecular weight is 630 g/mol. The normalized spacial score (nSPS) is 12.1. The van der Waals surface area contributed by atoms with Crippen LogP contribution in [0.3, 0.4) is 0 Å². The summed E-state index contributed by atoms with van der Waals surface area (Å²) < 4.78 is 80.7. The highest BCUT2D eigenvalue weighted by Crippen LogP contribution is 2.30. The molecule has 1 aromatic heterocycles. The van der Waals surface area contributed by atoms with E-state index in [0.717, 1.165) is 17.2 Å². The number of rotatable bonds is 10. The van der Waals surface area contributed by atoms with Crippen molar-refractivity contribution in [2.45, 2.75) is 24.4 Å². The van der Waals surface area contributed by atoms with Gasteiger partial charge < -0.3 is 21.1 Å².